The van der Waals surface area contributed by atoms with Gasteiger partial charge in [-0.3, -0.25) is 4.90 Å². The monoisotopic (exact) mass is 348 g/mol. The van der Waals surface area contributed by atoms with E-state index in [0.29, 0.717) is 4.34 Å². The van der Waals surface area contributed by atoms with Crippen LogP contribution in [0.5, 0.6) is 0 Å². The maximum Gasteiger partial charge on any atom is 0.203 e. The van der Waals surface area contributed by atoms with Gasteiger partial charge >= 0.3 is 0 Å². The van der Waals surface area contributed by atoms with Gasteiger partial charge in [-0.15, -0.1) is 5.10 Å². The second-order valence-corrected chi connectivity index (χ2v) is 7.04. The lowest BCUT2D eigenvalue weighted by atomic mass is 10.3. The third kappa shape index (κ3) is 3.17. The fourth-order valence-electron chi connectivity index (χ4n) is 2.93. The summed E-state index contributed by atoms with van der Waals surface area (Å²) < 4.78 is 4.60. The summed E-state index contributed by atoms with van der Waals surface area (Å²) >= 11 is 7.36. The highest BCUT2D eigenvalue weighted by Crippen LogP contribution is 2.21. The van der Waals surface area contributed by atoms with Gasteiger partial charge in [-0.1, -0.05) is 28.2 Å². The van der Waals surface area contributed by atoms with Crippen molar-refractivity contribution in [2.75, 3.05) is 31.1 Å². The number of fused-ring (bicyclic) bond motifs is 1. The van der Waals surface area contributed by atoms with Gasteiger partial charge in [-0.2, -0.15) is 0 Å². The number of imidazole rings is 1. The molecule has 0 atom stereocenters. The number of H-pyrrole nitrogens is 1. The Morgan fingerprint density at radius 1 is 1.17 bits per heavy atom. The van der Waals surface area contributed by atoms with Crippen LogP contribution in [-0.2, 0) is 6.54 Å². The normalized spacial score (nSPS) is 16.8. The molecule has 1 fully saturated rings. The number of nitrogens with one attached hydrogen (secondary N) is 1. The van der Waals surface area contributed by atoms with Crippen molar-refractivity contribution in [3.63, 3.8) is 0 Å². The fourth-order valence-corrected chi connectivity index (χ4v) is 3.55. The van der Waals surface area contributed by atoms with Gasteiger partial charge in [0.25, 0.3) is 0 Å². The van der Waals surface area contributed by atoms with E-state index in [2.05, 4.69) is 30.4 Å². The number of hydrogen-bond acceptors (Lipinski definition) is 6. The maximum atomic E-state index is 6.11. The Kier molecular flexibility index (Phi) is 4.15. The van der Waals surface area contributed by atoms with Crippen LogP contribution in [0.25, 0.3) is 11.0 Å². The Morgan fingerprint density at radius 3 is 2.91 bits per heavy atom. The van der Waals surface area contributed by atoms with Gasteiger partial charge in [-0.05, 0) is 18.6 Å². The number of halogens is 1. The Balaban J connectivity index is 1.45. The van der Waals surface area contributed by atoms with Crippen molar-refractivity contribution in [1.82, 2.24) is 24.5 Å². The number of rotatable bonds is 3. The molecule has 1 aromatic carbocycles. The molecule has 1 N–H and O–H groups in total. The molecule has 0 aliphatic carbocycles. The average molecular weight is 349 g/mol. The molecule has 1 aliphatic rings. The van der Waals surface area contributed by atoms with Crippen LogP contribution in [0.15, 0.2) is 24.3 Å². The molecule has 3 aromatic rings. The molecule has 120 valence electrons. The maximum absolute atomic E-state index is 6.11. The number of nitrogens with zero attached hydrogens (tertiary/aromatic N) is 5. The molecule has 0 spiro atoms. The summed E-state index contributed by atoms with van der Waals surface area (Å²) in [6.45, 7) is 4.70. The van der Waals surface area contributed by atoms with Crippen LogP contribution < -0.4 is 4.90 Å². The van der Waals surface area contributed by atoms with Crippen molar-refractivity contribution in [3.8, 4) is 0 Å². The summed E-state index contributed by atoms with van der Waals surface area (Å²) in [5, 5.41) is 4.11. The van der Waals surface area contributed by atoms with E-state index in [0.717, 1.165) is 61.8 Å². The van der Waals surface area contributed by atoms with Gasteiger partial charge in [-0.25, -0.2) is 4.98 Å². The highest BCUT2D eigenvalue weighted by molar-refractivity contribution is 7.10. The second-order valence-electron chi connectivity index (χ2n) is 5.69. The van der Waals surface area contributed by atoms with Crippen molar-refractivity contribution >= 4 is 40.1 Å². The number of aromatic amines is 1. The Labute approximate surface area is 143 Å². The van der Waals surface area contributed by atoms with Crippen molar-refractivity contribution < 1.29 is 0 Å². The van der Waals surface area contributed by atoms with Gasteiger partial charge in [0.2, 0.25) is 5.95 Å². The summed E-state index contributed by atoms with van der Waals surface area (Å²) in [6.07, 6.45) is 1.09. The quantitative estimate of drug-likeness (QED) is 0.788. The van der Waals surface area contributed by atoms with Crippen LogP contribution in [-0.4, -0.2) is 50.6 Å². The third-order valence-corrected chi connectivity index (χ3v) is 5.13. The minimum absolute atomic E-state index is 0.698. The molecule has 23 heavy (non-hydrogen) atoms. The number of aromatic nitrogens is 4. The molecule has 1 saturated heterocycles. The predicted octanol–water partition coefficient (Wildman–Crippen LogP) is 2.78. The lowest BCUT2D eigenvalue weighted by Crippen LogP contribution is -2.31. The minimum Gasteiger partial charge on any atom is -0.341 e. The van der Waals surface area contributed by atoms with E-state index in [4.69, 9.17) is 16.6 Å². The van der Waals surface area contributed by atoms with Crippen LogP contribution in [0, 0.1) is 0 Å². The summed E-state index contributed by atoms with van der Waals surface area (Å²) in [5.74, 6) is 0.960. The topological polar surface area (TPSA) is 60.9 Å². The van der Waals surface area contributed by atoms with Gasteiger partial charge in [0.1, 0.15) is 10.0 Å². The zero-order valence-electron chi connectivity index (χ0n) is 12.6. The third-order valence-electron chi connectivity index (χ3n) is 4.15. The lowest BCUT2D eigenvalue weighted by Gasteiger charge is -2.20. The highest BCUT2D eigenvalue weighted by atomic mass is 35.5. The Hall–Kier alpha value is -1.70. The molecule has 4 rings (SSSR count). The zero-order valence-corrected chi connectivity index (χ0v) is 14.1. The van der Waals surface area contributed by atoms with E-state index in [1.54, 1.807) is 0 Å². The van der Waals surface area contributed by atoms with E-state index < -0.39 is 0 Å². The van der Waals surface area contributed by atoms with E-state index in [1.165, 1.54) is 11.5 Å². The molecule has 0 amide bonds. The molecule has 0 radical (unpaired) electrons. The lowest BCUT2D eigenvalue weighted by molar-refractivity contribution is 0.282. The molecule has 0 unspecified atom stereocenters. The van der Waals surface area contributed by atoms with Crippen LogP contribution in [0.2, 0.25) is 4.34 Å². The molecule has 0 saturated carbocycles. The molecule has 6 nitrogen and oxygen atoms in total. The van der Waals surface area contributed by atoms with Crippen LogP contribution in [0.1, 0.15) is 12.1 Å². The standard InChI is InChI=1S/C15H17ClN6S/c16-14-13(19-20-23-14)10-21-6-3-7-22(9-8-21)15-17-11-4-1-2-5-12(11)18-15/h1-2,4-5H,3,6-10H2,(H,17,18). The van der Waals surface area contributed by atoms with E-state index in [-0.39, 0.29) is 0 Å². The smallest absolute Gasteiger partial charge is 0.203 e. The first-order valence-corrected chi connectivity index (χ1v) is 8.83. The largest absolute Gasteiger partial charge is 0.341 e. The summed E-state index contributed by atoms with van der Waals surface area (Å²) in [7, 11) is 0. The van der Waals surface area contributed by atoms with Crippen molar-refractivity contribution in [2.24, 2.45) is 0 Å². The summed E-state index contributed by atoms with van der Waals surface area (Å²) in [5.41, 5.74) is 2.99. The minimum atomic E-state index is 0.698. The predicted molar refractivity (Wildman–Crippen MR) is 93.1 cm³/mol. The van der Waals surface area contributed by atoms with Crippen LogP contribution in [0.3, 0.4) is 0 Å². The first-order chi connectivity index (χ1) is 11.3. The average Bonchev–Trinajstić information content (AvgIpc) is 3.08. The van der Waals surface area contributed by atoms with Crippen molar-refractivity contribution in [3.05, 3.63) is 34.3 Å². The molecule has 8 heteroatoms. The van der Waals surface area contributed by atoms with Crippen LogP contribution >= 0.6 is 23.1 Å². The molecule has 3 heterocycles. The molecule has 2 aromatic heterocycles. The molecular formula is C15H17ClN6S. The number of hydrogen-bond donors (Lipinski definition) is 1. The van der Waals surface area contributed by atoms with Gasteiger partial charge in [0, 0.05) is 44.3 Å². The second kappa shape index (κ2) is 6.43. The van der Waals surface area contributed by atoms with E-state index in [9.17, 15) is 0 Å². The van der Waals surface area contributed by atoms with E-state index >= 15 is 0 Å². The molecule has 0 bridgehead atoms. The van der Waals surface area contributed by atoms with Gasteiger partial charge in [0.05, 0.1) is 11.0 Å². The molecule has 1 aliphatic heterocycles. The van der Waals surface area contributed by atoms with Crippen molar-refractivity contribution in [2.45, 2.75) is 13.0 Å². The Bertz CT molecular complexity index is 767. The number of para-hydroxylation sites is 2. The fraction of sp³-hybridized carbons (Fsp3) is 0.400. The summed E-state index contributed by atoms with van der Waals surface area (Å²) in [4.78, 5) is 12.8. The van der Waals surface area contributed by atoms with Gasteiger partial charge in [0.15, 0.2) is 0 Å². The number of anilines is 1. The SMILES string of the molecule is Clc1snnc1CN1CCCN(c2nc3ccccc3[nH]2)CC1. The summed E-state index contributed by atoms with van der Waals surface area (Å²) in [6, 6.07) is 8.15. The highest BCUT2D eigenvalue weighted by Gasteiger charge is 2.19. The Morgan fingerprint density at radius 2 is 2.09 bits per heavy atom. The van der Waals surface area contributed by atoms with Gasteiger partial charge < -0.3 is 9.88 Å². The first-order valence-electron chi connectivity index (χ1n) is 7.68. The number of benzene rings is 1. The van der Waals surface area contributed by atoms with E-state index in [1.807, 2.05) is 18.2 Å². The first kappa shape index (κ1) is 14.9. The molecular weight excluding hydrogens is 332 g/mol. The zero-order chi connectivity index (χ0) is 15.6. The van der Waals surface area contributed by atoms with Crippen molar-refractivity contribution in [1.29, 1.82) is 0 Å². The van der Waals surface area contributed by atoms with Crippen LogP contribution in [0.4, 0.5) is 5.95 Å².